The number of nitro groups is 1. The first-order valence-corrected chi connectivity index (χ1v) is 7.45. The van der Waals surface area contributed by atoms with Gasteiger partial charge in [0.05, 0.1) is 14.9 Å². The molecule has 0 aliphatic carbocycles. The van der Waals surface area contributed by atoms with Crippen molar-refractivity contribution in [1.82, 2.24) is 9.97 Å². The smallest absolute Gasteiger partial charge is 0.358 e. The molecule has 0 amide bonds. The maximum absolute atomic E-state index is 10.8. The third-order valence-corrected chi connectivity index (χ3v) is 5.33. The average Bonchev–Trinajstić information content (AvgIpc) is 2.65. The van der Waals surface area contributed by atoms with Crippen molar-refractivity contribution in [2.24, 2.45) is 0 Å². The van der Waals surface area contributed by atoms with Gasteiger partial charge in [0.15, 0.2) is 4.21 Å². The van der Waals surface area contributed by atoms with E-state index in [1.54, 1.807) is 0 Å². The Bertz CT molecular complexity index is 602. The number of halogens is 3. The highest BCUT2D eigenvalue weighted by molar-refractivity contribution is 9.11. The van der Waals surface area contributed by atoms with Crippen LogP contribution in [0.2, 0.25) is 10.0 Å². The second-order valence-corrected chi connectivity index (χ2v) is 7.24. The van der Waals surface area contributed by atoms with E-state index in [1.165, 1.54) is 12.4 Å². The van der Waals surface area contributed by atoms with Crippen molar-refractivity contribution in [2.45, 2.75) is 9.10 Å². The molecule has 94 valence electrons. The van der Waals surface area contributed by atoms with Crippen LogP contribution in [0.5, 0.6) is 0 Å². The molecule has 2 heterocycles. The van der Waals surface area contributed by atoms with Crippen molar-refractivity contribution in [2.75, 3.05) is 0 Å². The minimum Gasteiger partial charge on any atom is -0.358 e. The standard InChI is InChI=1S/C8H2BrCl2N3O2S2/c9-8-13-6(14(15)16)7(18-8)17-5-3(10)1-12-2-4(5)11/h1-2H. The number of hydrogen-bond donors (Lipinski definition) is 0. The number of aromatic nitrogens is 2. The number of pyridine rings is 1. The van der Waals surface area contributed by atoms with Crippen LogP contribution in [0.25, 0.3) is 0 Å². The molecule has 18 heavy (non-hydrogen) atoms. The van der Waals surface area contributed by atoms with Gasteiger partial charge in [0.1, 0.15) is 0 Å². The van der Waals surface area contributed by atoms with Crippen molar-refractivity contribution >= 4 is 68.0 Å². The molecule has 0 aliphatic rings. The average molecular weight is 387 g/mol. The zero-order valence-electron chi connectivity index (χ0n) is 8.26. The number of nitrogens with zero attached hydrogens (tertiary/aromatic N) is 3. The Kier molecular flexibility index (Phi) is 4.44. The molecule has 0 N–H and O–H groups in total. The molecular weight excluding hydrogens is 385 g/mol. The van der Waals surface area contributed by atoms with Gasteiger partial charge in [-0.05, 0) is 9.91 Å². The zero-order chi connectivity index (χ0) is 13.3. The second-order valence-electron chi connectivity index (χ2n) is 2.87. The van der Waals surface area contributed by atoms with E-state index in [-0.39, 0.29) is 5.82 Å². The molecule has 0 atom stereocenters. The minimum atomic E-state index is -0.549. The van der Waals surface area contributed by atoms with E-state index in [4.69, 9.17) is 23.2 Å². The summed E-state index contributed by atoms with van der Waals surface area (Å²) in [5.41, 5.74) is 0. The summed E-state index contributed by atoms with van der Waals surface area (Å²) in [5, 5.41) is 11.5. The van der Waals surface area contributed by atoms with Gasteiger partial charge < -0.3 is 10.1 Å². The molecule has 0 unspecified atom stereocenters. The van der Waals surface area contributed by atoms with Gasteiger partial charge in [0, 0.05) is 28.3 Å². The van der Waals surface area contributed by atoms with Gasteiger partial charge in [0.25, 0.3) is 3.92 Å². The molecule has 5 nitrogen and oxygen atoms in total. The van der Waals surface area contributed by atoms with Gasteiger partial charge in [-0.15, -0.1) is 0 Å². The van der Waals surface area contributed by atoms with Gasteiger partial charge in [-0.2, -0.15) is 0 Å². The molecule has 2 rings (SSSR count). The van der Waals surface area contributed by atoms with Crippen LogP contribution in [-0.4, -0.2) is 14.9 Å². The largest absolute Gasteiger partial charge is 0.390 e. The third kappa shape index (κ3) is 2.94. The second kappa shape index (κ2) is 5.70. The highest BCUT2D eigenvalue weighted by Crippen LogP contribution is 2.45. The lowest BCUT2D eigenvalue weighted by atomic mass is 10.5. The topological polar surface area (TPSA) is 68.9 Å². The molecule has 0 saturated carbocycles. The van der Waals surface area contributed by atoms with E-state index in [2.05, 4.69) is 25.9 Å². The zero-order valence-corrected chi connectivity index (χ0v) is 13.0. The molecule has 0 bridgehead atoms. The summed E-state index contributed by atoms with van der Waals surface area (Å²) in [6.45, 7) is 0. The van der Waals surface area contributed by atoms with E-state index in [0.717, 1.165) is 23.1 Å². The monoisotopic (exact) mass is 385 g/mol. The highest BCUT2D eigenvalue weighted by Gasteiger charge is 2.24. The van der Waals surface area contributed by atoms with E-state index in [1.807, 2.05) is 0 Å². The van der Waals surface area contributed by atoms with E-state index >= 15 is 0 Å². The summed E-state index contributed by atoms with van der Waals surface area (Å²) in [5.74, 6) is -0.221. The van der Waals surface area contributed by atoms with E-state index in [0.29, 0.717) is 23.1 Å². The SMILES string of the molecule is O=[N+]([O-])c1nc(Br)sc1Sc1c(Cl)cncc1Cl. The van der Waals surface area contributed by atoms with Crippen molar-refractivity contribution < 1.29 is 4.92 Å². The van der Waals surface area contributed by atoms with Crippen LogP contribution in [0, 0.1) is 10.1 Å². The van der Waals surface area contributed by atoms with Gasteiger partial charge in [-0.1, -0.05) is 46.3 Å². The molecule has 0 radical (unpaired) electrons. The molecule has 2 aromatic rings. The van der Waals surface area contributed by atoms with Gasteiger partial charge in [-0.25, -0.2) is 0 Å². The maximum atomic E-state index is 10.8. The number of rotatable bonds is 3. The van der Waals surface area contributed by atoms with Crippen LogP contribution >= 0.6 is 62.2 Å². The Morgan fingerprint density at radius 1 is 1.39 bits per heavy atom. The lowest BCUT2D eigenvalue weighted by Crippen LogP contribution is -1.89. The summed E-state index contributed by atoms with van der Waals surface area (Å²) < 4.78 is 0.833. The first-order chi connectivity index (χ1) is 8.49. The Labute approximate surface area is 128 Å². The summed E-state index contributed by atoms with van der Waals surface area (Å²) in [7, 11) is 0. The normalized spacial score (nSPS) is 10.6. The van der Waals surface area contributed by atoms with Crippen molar-refractivity contribution in [1.29, 1.82) is 0 Å². The minimum absolute atomic E-state index is 0.221. The molecule has 2 aromatic heterocycles. The van der Waals surface area contributed by atoms with Gasteiger partial charge >= 0.3 is 5.82 Å². The van der Waals surface area contributed by atoms with Crippen LogP contribution in [-0.2, 0) is 0 Å². The van der Waals surface area contributed by atoms with Gasteiger partial charge in [0.2, 0.25) is 0 Å². The fourth-order valence-corrected chi connectivity index (χ4v) is 4.46. The fourth-order valence-electron chi connectivity index (χ4n) is 1.05. The molecule has 0 aromatic carbocycles. The quantitative estimate of drug-likeness (QED) is 0.566. The molecule has 0 fully saturated rings. The summed E-state index contributed by atoms with van der Waals surface area (Å²) >= 11 is 17.3. The summed E-state index contributed by atoms with van der Waals surface area (Å²) in [6.07, 6.45) is 2.86. The molecular formula is C8H2BrCl2N3O2S2. The highest BCUT2D eigenvalue weighted by atomic mass is 79.9. The lowest BCUT2D eigenvalue weighted by Gasteiger charge is -2.03. The Balaban J connectivity index is 2.43. The summed E-state index contributed by atoms with van der Waals surface area (Å²) in [6, 6.07) is 0. The lowest BCUT2D eigenvalue weighted by molar-refractivity contribution is -0.391. The van der Waals surface area contributed by atoms with Crippen molar-refractivity contribution in [3.63, 3.8) is 0 Å². The Morgan fingerprint density at radius 3 is 2.56 bits per heavy atom. The van der Waals surface area contributed by atoms with E-state index < -0.39 is 4.92 Å². The van der Waals surface area contributed by atoms with Crippen LogP contribution in [0.15, 0.2) is 25.4 Å². The first kappa shape index (κ1) is 14.0. The van der Waals surface area contributed by atoms with Gasteiger partial charge in [-0.3, -0.25) is 4.98 Å². The Hall–Kier alpha value is -0.410. The van der Waals surface area contributed by atoms with Crippen LogP contribution in [0.4, 0.5) is 5.82 Å². The predicted molar refractivity (Wildman–Crippen MR) is 74.8 cm³/mol. The number of thiazole rings is 1. The molecule has 0 saturated heterocycles. The van der Waals surface area contributed by atoms with Crippen molar-refractivity contribution in [3.05, 3.63) is 36.5 Å². The number of hydrogen-bond acceptors (Lipinski definition) is 6. The third-order valence-electron chi connectivity index (χ3n) is 1.73. The first-order valence-electron chi connectivity index (χ1n) is 4.26. The van der Waals surface area contributed by atoms with Crippen LogP contribution in [0.1, 0.15) is 0 Å². The summed E-state index contributed by atoms with van der Waals surface area (Å²) in [4.78, 5) is 18.4. The van der Waals surface area contributed by atoms with Crippen LogP contribution < -0.4 is 0 Å². The molecule has 0 spiro atoms. The predicted octanol–water partition coefficient (Wildman–Crippen LogP) is 4.67. The van der Waals surface area contributed by atoms with Crippen LogP contribution in [0.3, 0.4) is 0 Å². The molecule has 0 aliphatic heterocycles. The maximum Gasteiger partial charge on any atom is 0.390 e. The fraction of sp³-hybridized carbons (Fsp3) is 0. The molecule has 10 heteroatoms. The Morgan fingerprint density at radius 2 is 2.00 bits per heavy atom. The van der Waals surface area contributed by atoms with E-state index in [9.17, 15) is 10.1 Å². The van der Waals surface area contributed by atoms with Crippen molar-refractivity contribution in [3.8, 4) is 0 Å².